The first-order valence-corrected chi connectivity index (χ1v) is 8.55. The van der Waals surface area contributed by atoms with Gasteiger partial charge in [0.05, 0.1) is 24.8 Å². The first kappa shape index (κ1) is 20.1. The Hall–Kier alpha value is -3.62. The van der Waals surface area contributed by atoms with E-state index >= 15 is 0 Å². The van der Waals surface area contributed by atoms with Crippen LogP contribution in [0.3, 0.4) is 0 Å². The zero-order chi connectivity index (χ0) is 20.9. The maximum atomic E-state index is 12.5. The van der Waals surface area contributed by atoms with Crippen LogP contribution >= 0.6 is 0 Å². The number of hydrogen-bond donors (Lipinski definition) is 2. The van der Waals surface area contributed by atoms with Crippen LogP contribution in [0.2, 0.25) is 0 Å². The third-order valence-electron chi connectivity index (χ3n) is 3.93. The second-order valence-corrected chi connectivity index (χ2v) is 6.02. The van der Waals surface area contributed by atoms with E-state index in [9.17, 15) is 22.8 Å². The van der Waals surface area contributed by atoms with E-state index in [4.69, 9.17) is 4.42 Å². The number of amides is 2. The predicted octanol–water partition coefficient (Wildman–Crippen LogP) is 3.41. The summed E-state index contributed by atoms with van der Waals surface area (Å²) >= 11 is 0. The van der Waals surface area contributed by atoms with Crippen molar-refractivity contribution >= 4 is 11.8 Å². The summed E-state index contributed by atoms with van der Waals surface area (Å²) < 4.78 is 43.1. The molecule has 0 saturated carbocycles. The van der Waals surface area contributed by atoms with E-state index in [1.54, 1.807) is 6.20 Å². The molecule has 2 N–H and O–H groups in total. The number of carbonyl (C=O) groups excluding carboxylic acids is 2. The molecule has 2 aromatic carbocycles. The third kappa shape index (κ3) is 5.44. The normalized spacial score (nSPS) is 11.1. The minimum Gasteiger partial charge on any atom is -0.439 e. The van der Waals surface area contributed by atoms with Crippen LogP contribution in [-0.4, -0.2) is 23.3 Å². The molecule has 0 fully saturated rings. The zero-order valence-electron chi connectivity index (χ0n) is 15.0. The number of oxazole rings is 1. The average Bonchev–Trinajstić information content (AvgIpc) is 3.20. The van der Waals surface area contributed by atoms with Gasteiger partial charge in [-0.05, 0) is 24.3 Å². The maximum Gasteiger partial charge on any atom is 0.416 e. The van der Waals surface area contributed by atoms with Gasteiger partial charge in [-0.25, -0.2) is 4.98 Å². The number of halogens is 3. The fourth-order valence-electron chi connectivity index (χ4n) is 2.44. The van der Waals surface area contributed by atoms with Crippen LogP contribution < -0.4 is 10.6 Å². The highest BCUT2D eigenvalue weighted by atomic mass is 19.4. The summed E-state index contributed by atoms with van der Waals surface area (Å²) in [5.74, 6) is -0.294. The largest absolute Gasteiger partial charge is 0.439 e. The smallest absolute Gasteiger partial charge is 0.416 e. The second kappa shape index (κ2) is 8.59. The molecule has 0 aliphatic heterocycles. The van der Waals surface area contributed by atoms with Gasteiger partial charge in [0.25, 0.3) is 5.91 Å². The lowest BCUT2D eigenvalue weighted by atomic mass is 10.1. The molecular formula is C20H16F3N3O3. The van der Waals surface area contributed by atoms with Crippen molar-refractivity contribution in [3.63, 3.8) is 0 Å². The van der Waals surface area contributed by atoms with E-state index in [-0.39, 0.29) is 18.7 Å². The Morgan fingerprint density at radius 2 is 1.66 bits per heavy atom. The highest BCUT2D eigenvalue weighted by Gasteiger charge is 2.30. The van der Waals surface area contributed by atoms with Crippen LogP contribution in [0.5, 0.6) is 0 Å². The Bertz CT molecular complexity index is 983. The first-order chi connectivity index (χ1) is 13.8. The van der Waals surface area contributed by atoms with Gasteiger partial charge in [0, 0.05) is 11.1 Å². The third-order valence-corrected chi connectivity index (χ3v) is 3.93. The molecule has 29 heavy (non-hydrogen) atoms. The van der Waals surface area contributed by atoms with Gasteiger partial charge in [-0.15, -0.1) is 0 Å². The van der Waals surface area contributed by atoms with Gasteiger partial charge in [-0.3, -0.25) is 9.59 Å². The van der Waals surface area contributed by atoms with Gasteiger partial charge < -0.3 is 15.1 Å². The highest BCUT2D eigenvalue weighted by molar-refractivity contribution is 5.96. The molecule has 0 aliphatic rings. The van der Waals surface area contributed by atoms with E-state index in [2.05, 4.69) is 15.6 Å². The van der Waals surface area contributed by atoms with E-state index in [0.29, 0.717) is 11.7 Å². The standard InChI is InChI=1S/C20H16F3N3O3/c21-20(22,23)15-8-6-14(7-9-15)19(28)26-11-17(27)24-12-18-25-10-16(29-18)13-4-2-1-3-5-13/h1-10H,11-12H2,(H,24,27)(H,26,28). The fraction of sp³-hybridized carbons (Fsp3) is 0.150. The summed E-state index contributed by atoms with van der Waals surface area (Å²) in [6.07, 6.45) is -2.93. The van der Waals surface area contributed by atoms with Gasteiger partial charge >= 0.3 is 6.18 Å². The quantitative estimate of drug-likeness (QED) is 0.661. The first-order valence-electron chi connectivity index (χ1n) is 8.55. The van der Waals surface area contributed by atoms with Crippen molar-refractivity contribution in [2.45, 2.75) is 12.7 Å². The number of benzene rings is 2. The molecule has 150 valence electrons. The summed E-state index contributed by atoms with van der Waals surface area (Å²) in [5, 5.41) is 4.88. The molecular weight excluding hydrogens is 387 g/mol. The van der Waals surface area contributed by atoms with Crippen molar-refractivity contribution < 1.29 is 27.2 Å². The maximum absolute atomic E-state index is 12.5. The van der Waals surface area contributed by atoms with Gasteiger partial charge in [-0.2, -0.15) is 13.2 Å². The molecule has 0 radical (unpaired) electrons. The second-order valence-electron chi connectivity index (χ2n) is 6.02. The zero-order valence-corrected chi connectivity index (χ0v) is 15.0. The lowest BCUT2D eigenvalue weighted by molar-refractivity contribution is -0.137. The molecule has 2 amide bonds. The number of nitrogens with zero attached hydrogens (tertiary/aromatic N) is 1. The number of aromatic nitrogens is 1. The molecule has 0 atom stereocenters. The summed E-state index contributed by atoms with van der Waals surface area (Å²) in [6.45, 7) is -0.312. The number of rotatable bonds is 6. The minimum atomic E-state index is -4.48. The van der Waals surface area contributed by atoms with Crippen molar-refractivity contribution in [2.24, 2.45) is 0 Å². The van der Waals surface area contributed by atoms with Crippen LogP contribution in [0.1, 0.15) is 21.8 Å². The predicted molar refractivity (Wildman–Crippen MR) is 97.6 cm³/mol. The van der Waals surface area contributed by atoms with Crippen LogP contribution in [0, 0.1) is 0 Å². The molecule has 0 bridgehead atoms. The van der Waals surface area contributed by atoms with Crippen molar-refractivity contribution in [3.05, 3.63) is 77.8 Å². The van der Waals surface area contributed by atoms with Crippen LogP contribution in [-0.2, 0) is 17.5 Å². The molecule has 6 nitrogen and oxygen atoms in total. The molecule has 3 rings (SSSR count). The van der Waals surface area contributed by atoms with Crippen molar-refractivity contribution in [2.75, 3.05) is 6.54 Å². The molecule has 1 heterocycles. The van der Waals surface area contributed by atoms with Crippen LogP contribution in [0.4, 0.5) is 13.2 Å². The topological polar surface area (TPSA) is 84.2 Å². The molecule has 3 aromatic rings. The Labute approximate surface area is 163 Å². The summed E-state index contributed by atoms with van der Waals surface area (Å²) in [6, 6.07) is 13.0. The van der Waals surface area contributed by atoms with E-state index in [0.717, 1.165) is 29.8 Å². The molecule has 0 aliphatic carbocycles. The lowest BCUT2D eigenvalue weighted by Gasteiger charge is -2.08. The molecule has 9 heteroatoms. The van der Waals surface area contributed by atoms with Gasteiger partial charge in [-0.1, -0.05) is 30.3 Å². The number of carbonyl (C=O) groups is 2. The molecule has 0 spiro atoms. The Balaban J connectivity index is 1.46. The van der Waals surface area contributed by atoms with Crippen molar-refractivity contribution in [1.29, 1.82) is 0 Å². The summed E-state index contributed by atoms with van der Waals surface area (Å²) in [7, 11) is 0. The molecule has 0 saturated heterocycles. The van der Waals surface area contributed by atoms with E-state index in [1.807, 2.05) is 30.3 Å². The molecule has 0 unspecified atom stereocenters. The Kier molecular flexibility index (Phi) is 5.96. The summed E-state index contributed by atoms with van der Waals surface area (Å²) in [4.78, 5) is 27.9. The average molecular weight is 403 g/mol. The number of hydrogen-bond acceptors (Lipinski definition) is 4. The Morgan fingerprint density at radius 1 is 0.966 bits per heavy atom. The van der Waals surface area contributed by atoms with Gasteiger partial charge in [0.2, 0.25) is 11.8 Å². The fourth-order valence-corrected chi connectivity index (χ4v) is 2.44. The Morgan fingerprint density at radius 3 is 2.31 bits per heavy atom. The summed E-state index contributed by atoms with van der Waals surface area (Å²) in [5.41, 5.74) is 0.0139. The van der Waals surface area contributed by atoms with Gasteiger partial charge in [0.1, 0.15) is 0 Å². The SMILES string of the molecule is O=C(CNC(=O)c1ccc(C(F)(F)F)cc1)NCc1ncc(-c2ccccc2)o1. The minimum absolute atomic E-state index is 0.0194. The van der Waals surface area contributed by atoms with Crippen molar-refractivity contribution in [1.82, 2.24) is 15.6 Å². The number of alkyl halides is 3. The van der Waals surface area contributed by atoms with E-state index < -0.39 is 23.6 Å². The van der Waals surface area contributed by atoms with Gasteiger partial charge in [0.15, 0.2) is 5.76 Å². The monoisotopic (exact) mass is 403 g/mol. The lowest BCUT2D eigenvalue weighted by Crippen LogP contribution is -2.36. The number of nitrogens with one attached hydrogen (secondary N) is 2. The van der Waals surface area contributed by atoms with E-state index in [1.165, 1.54) is 0 Å². The van der Waals surface area contributed by atoms with Crippen LogP contribution in [0.15, 0.2) is 65.2 Å². The molecule has 1 aromatic heterocycles. The highest BCUT2D eigenvalue weighted by Crippen LogP contribution is 2.29. The van der Waals surface area contributed by atoms with Crippen LogP contribution in [0.25, 0.3) is 11.3 Å². The van der Waals surface area contributed by atoms with Crippen molar-refractivity contribution in [3.8, 4) is 11.3 Å².